The fraction of sp³-hybridized carbons (Fsp3) is 0.429. The largest absolute Gasteiger partial charge is 0.382 e. The van der Waals surface area contributed by atoms with Crippen LogP contribution in [0.5, 0.6) is 0 Å². The number of aromatic nitrogens is 2. The van der Waals surface area contributed by atoms with Gasteiger partial charge in [-0.1, -0.05) is 0 Å². The average molecular weight is 156 g/mol. The highest BCUT2D eigenvalue weighted by Crippen LogP contribution is 2.13. The van der Waals surface area contributed by atoms with Crippen LogP contribution in [-0.2, 0) is 5.60 Å². The van der Waals surface area contributed by atoms with Crippen LogP contribution in [0, 0.1) is 5.82 Å². The summed E-state index contributed by atoms with van der Waals surface area (Å²) in [5.41, 5.74) is -1.10. The lowest BCUT2D eigenvalue weighted by Crippen LogP contribution is -2.19. The van der Waals surface area contributed by atoms with Crippen LogP contribution in [0.25, 0.3) is 0 Å². The molecule has 0 amide bonds. The molecule has 1 rings (SSSR count). The van der Waals surface area contributed by atoms with Gasteiger partial charge >= 0.3 is 0 Å². The molecule has 0 saturated heterocycles. The number of hydrogen-bond acceptors (Lipinski definition) is 3. The van der Waals surface area contributed by atoms with Gasteiger partial charge < -0.3 is 5.11 Å². The van der Waals surface area contributed by atoms with Gasteiger partial charge in [0.1, 0.15) is 5.60 Å². The first-order valence-electron chi connectivity index (χ1n) is 3.20. The maximum Gasteiger partial charge on any atom is 0.159 e. The van der Waals surface area contributed by atoms with Crippen molar-refractivity contribution in [2.45, 2.75) is 19.4 Å². The normalized spacial score (nSPS) is 11.6. The zero-order chi connectivity index (χ0) is 8.48. The minimum atomic E-state index is -1.10. The Balaban J connectivity index is 2.99. The number of nitrogens with zero attached hydrogens (tertiary/aromatic N) is 2. The van der Waals surface area contributed by atoms with Crippen LogP contribution >= 0.6 is 0 Å². The van der Waals surface area contributed by atoms with Gasteiger partial charge in [0.25, 0.3) is 0 Å². The van der Waals surface area contributed by atoms with Crippen LogP contribution in [0.1, 0.15) is 19.7 Å². The molecule has 0 aliphatic heterocycles. The minimum Gasteiger partial charge on any atom is -0.382 e. The van der Waals surface area contributed by atoms with Gasteiger partial charge in [0.05, 0.1) is 12.4 Å². The summed E-state index contributed by atoms with van der Waals surface area (Å²) in [6, 6.07) is 0. The molecule has 0 radical (unpaired) electrons. The molecule has 0 aromatic carbocycles. The Morgan fingerprint density at radius 1 is 1.36 bits per heavy atom. The Bertz CT molecular complexity index is 240. The first-order valence-corrected chi connectivity index (χ1v) is 3.20. The van der Waals surface area contributed by atoms with E-state index in [2.05, 4.69) is 9.97 Å². The van der Waals surface area contributed by atoms with Crippen LogP contribution in [0.4, 0.5) is 4.39 Å². The first kappa shape index (κ1) is 8.07. The molecular formula is C7H9FN2O. The second-order valence-corrected chi connectivity index (χ2v) is 2.78. The standard InChI is InChI=1S/C7H9FN2O/c1-7(2,11)6-9-3-5(8)4-10-6/h3-4,11H,1-2H3. The van der Waals surface area contributed by atoms with Crippen molar-refractivity contribution < 1.29 is 9.50 Å². The fourth-order valence-corrected chi connectivity index (χ4v) is 0.628. The van der Waals surface area contributed by atoms with Crippen molar-refractivity contribution in [3.8, 4) is 0 Å². The monoisotopic (exact) mass is 156 g/mol. The maximum absolute atomic E-state index is 12.3. The SMILES string of the molecule is CC(C)(O)c1ncc(F)cn1. The highest BCUT2D eigenvalue weighted by Gasteiger charge is 2.18. The summed E-state index contributed by atoms with van der Waals surface area (Å²) in [5.74, 6) is -0.281. The van der Waals surface area contributed by atoms with Crippen molar-refractivity contribution in [2.24, 2.45) is 0 Å². The van der Waals surface area contributed by atoms with Gasteiger partial charge in [0, 0.05) is 0 Å². The van der Waals surface area contributed by atoms with Crippen LogP contribution in [0.3, 0.4) is 0 Å². The second kappa shape index (κ2) is 2.54. The molecule has 0 bridgehead atoms. The van der Waals surface area contributed by atoms with Gasteiger partial charge in [-0.3, -0.25) is 0 Å². The predicted octanol–water partition coefficient (Wildman–Crippen LogP) is 0.843. The zero-order valence-electron chi connectivity index (χ0n) is 6.37. The summed E-state index contributed by atoms with van der Waals surface area (Å²) in [4.78, 5) is 7.23. The van der Waals surface area contributed by atoms with E-state index < -0.39 is 11.4 Å². The van der Waals surface area contributed by atoms with Gasteiger partial charge in [-0.05, 0) is 13.8 Å². The smallest absolute Gasteiger partial charge is 0.159 e. The van der Waals surface area contributed by atoms with Crippen molar-refractivity contribution in [3.05, 3.63) is 24.0 Å². The minimum absolute atomic E-state index is 0.221. The number of halogens is 1. The first-order chi connectivity index (χ1) is 5.00. The van der Waals surface area contributed by atoms with E-state index in [1.807, 2.05) is 0 Å². The van der Waals surface area contributed by atoms with Gasteiger partial charge in [0.15, 0.2) is 11.6 Å². The fourth-order valence-electron chi connectivity index (χ4n) is 0.628. The molecule has 0 aliphatic rings. The van der Waals surface area contributed by atoms with Crippen LogP contribution in [-0.4, -0.2) is 15.1 Å². The summed E-state index contributed by atoms with van der Waals surface area (Å²) in [7, 11) is 0. The lowest BCUT2D eigenvalue weighted by Gasteiger charge is -2.13. The summed E-state index contributed by atoms with van der Waals surface area (Å²) in [6.45, 7) is 3.08. The number of hydrogen-bond donors (Lipinski definition) is 1. The number of rotatable bonds is 1. The van der Waals surface area contributed by atoms with E-state index in [9.17, 15) is 9.50 Å². The van der Waals surface area contributed by atoms with Gasteiger partial charge in [-0.25, -0.2) is 14.4 Å². The molecule has 60 valence electrons. The molecule has 1 N–H and O–H groups in total. The van der Waals surface area contributed by atoms with E-state index >= 15 is 0 Å². The molecule has 1 aromatic rings. The van der Waals surface area contributed by atoms with E-state index in [0.29, 0.717) is 0 Å². The Labute approximate surface area is 63.9 Å². The summed E-state index contributed by atoms with van der Waals surface area (Å²) >= 11 is 0. The molecule has 4 heteroatoms. The third-order valence-electron chi connectivity index (χ3n) is 1.17. The van der Waals surface area contributed by atoms with E-state index in [1.165, 1.54) is 0 Å². The Hall–Kier alpha value is -1.03. The molecular weight excluding hydrogens is 147 g/mol. The van der Waals surface area contributed by atoms with Crippen LogP contribution in [0.15, 0.2) is 12.4 Å². The Morgan fingerprint density at radius 3 is 2.18 bits per heavy atom. The summed E-state index contributed by atoms with van der Waals surface area (Å²) in [6.07, 6.45) is 2.06. The van der Waals surface area contributed by atoms with Gasteiger partial charge in [-0.2, -0.15) is 0 Å². The van der Waals surface area contributed by atoms with Crippen molar-refractivity contribution in [1.82, 2.24) is 9.97 Å². The predicted molar refractivity (Wildman–Crippen MR) is 37.2 cm³/mol. The number of aliphatic hydroxyl groups is 1. The molecule has 0 spiro atoms. The highest BCUT2D eigenvalue weighted by atomic mass is 19.1. The maximum atomic E-state index is 12.3. The Kier molecular flexibility index (Phi) is 1.87. The van der Waals surface area contributed by atoms with Crippen molar-refractivity contribution >= 4 is 0 Å². The third kappa shape index (κ3) is 1.94. The van der Waals surface area contributed by atoms with E-state index in [0.717, 1.165) is 12.4 Å². The lowest BCUT2D eigenvalue weighted by molar-refractivity contribution is 0.0684. The molecule has 1 aromatic heterocycles. The molecule has 0 atom stereocenters. The van der Waals surface area contributed by atoms with Gasteiger partial charge in [0.2, 0.25) is 0 Å². The molecule has 3 nitrogen and oxygen atoms in total. The highest BCUT2D eigenvalue weighted by molar-refractivity contribution is 4.98. The summed E-state index contributed by atoms with van der Waals surface area (Å²) in [5, 5.41) is 9.33. The quantitative estimate of drug-likeness (QED) is 0.655. The molecule has 1 heterocycles. The van der Waals surface area contributed by atoms with Crippen molar-refractivity contribution in [1.29, 1.82) is 0 Å². The van der Waals surface area contributed by atoms with E-state index in [4.69, 9.17) is 0 Å². The Morgan fingerprint density at radius 2 is 1.82 bits per heavy atom. The summed E-state index contributed by atoms with van der Waals surface area (Å²) < 4.78 is 12.3. The average Bonchev–Trinajstić information content (AvgIpc) is 1.86. The molecule has 0 fully saturated rings. The topological polar surface area (TPSA) is 46.0 Å². The molecule has 0 aliphatic carbocycles. The van der Waals surface area contributed by atoms with Crippen molar-refractivity contribution in [3.63, 3.8) is 0 Å². The van der Waals surface area contributed by atoms with Crippen molar-refractivity contribution in [2.75, 3.05) is 0 Å². The van der Waals surface area contributed by atoms with Gasteiger partial charge in [-0.15, -0.1) is 0 Å². The van der Waals surface area contributed by atoms with Crippen LogP contribution in [0.2, 0.25) is 0 Å². The third-order valence-corrected chi connectivity index (χ3v) is 1.17. The molecule has 0 unspecified atom stereocenters. The molecule has 11 heavy (non-hydrogen) atoms. The lowest BCUT2D eigenvalue weighted by atomic mass is 10.1. The van der Waals surface area contributed by atoms with E-state index in [1.54, 1.807) is 13.8 Å². The zero-order valence-corrected chi connectivity index (χ0v) is 6.37. The van der Waals surface area contributed by atoms with Crippen LogP contribution < -0.4 is 0 Å². The van der Waals surface area contributed by atoms with E-state index in [-0.39, 0.29) is 5.82 Å². The molecule has 0 saturated carbocycles. The second-order valence-electron chi connectivity index (χ2n) is 2.78.